The molecule has 1 heterocycles. The van der Waals surface area contributed by atoms with Crippen LogP contribution in [-0.4, -0.2) is 18.0 Å². The number of hydrogen-bond acceptors (Lipinski definition) is 2. The maximum absolute atomic E-state index is 14.0. The van der Waals surface area contributed by atoms with Gasteiger partial charge < -0.3 is 5.73 Å². The number of nitrogens with two attached hydrogens (primary N) is 1. The number of benzene rings is 1. The fourth-order valence-corrected chi connectivity index (χ4v) is 3.17. The first-order valence-electron chi connectivity index (χ1n) is 7.92. The Bertz CT molecular complexity index is 419. The van der Waals surface area contributed by atoms with Crippen LogP contribution < -0.4 is 5.73 Å². The highest BCUT2D eigenvalue weighted by Gasteiger charge is 2.17. The molecule has 112 valence electrons. The van der Waals surface area contributed by atoms with Crippen LogP contribution in [0, 0.1) is 11.7 Å². The van der Waals surface area contributed by atoms with Gasteiger partial charge in [0.25, 0.3) is 0 Å². The average molecular weight is 278 g/mol. The quantitative estimate of drug-likeness (QED) is 0.890. The molecule has 0 aliphatic carbocycles. The minimum Gasteiger partial charge on any atom is -0.326 e. The van der Waals surface area contributed by atoms with E-state index in [0.29, 0.717) is 6.54 Å². The molecule has 0 radical (unpaired) electrons. The van der Waals surface area contributed by atoms with Gasteiger partial charge in [0.2, 0.25) is 0 Å². The van der Waals surface area contributed by atoms with Crippen molar-refractivity contribution in [3.63, 3.8) is 0 Å². The molecule has 0 amide bonds. The topological polar surface area (TPSA) is 29.3 Å². The molecule has 0 spiro atoms. The lowest BCUT2D eigenvalue weighted by atomic mass is 9.96. The summed E-state index contributed by atoms with van der Waals surface area (Å²) in [5.74, 6) is 0.761. The average Bonchev–Trinajstić information content (AvgIpc) is 2.67. The van der Waals surface area contributed by atoms with Gasteiger partial charge in [0.15, 0.2) is 0 Å². The zero-order chi connectivity index (χ0) is 14.4. The standard InChI is InChI=1S/C17H27FN2/c1-2-4-14-5-3-9-20(10-8-14)13-16-7-6-15(12-19)11-17(16)18/h6-7,11,14H,2-5,8-10,12-13,19H2,1H3. The minimum absolute atomic E-state index is 0.109. The fraction of sp³-hybridized carbons (Fsp3) is 0.647. The van der Waals surface area contributed by atoms with Gasteiger partial charge in [0, 0.05) is 18.7 Å². The van der Waals surface area contributed by atoms with Crippen LogP contribution in [0.2, 0.25) is 0 Å². The Morgan fingerprint density at radius 3 is 2.85 bits per heavy atom. The van der Waals surface area contributed by atoms with E-state index in [4.69, 9.17) is 5.73 Å². The van der Waals surface area contributed by atoms with Crippen LogP contribution in [-0.2, 0) is 13.1 Å². The molecule has 1 fully saturated rings. The van der Waals surface area contributed by atoms with E-state index < -0.39 is 0 Å². The Labute approximate surface area is 122 Å². The van der Waals surface area contributed by atoms with Crippen molar-refractivity contribution in [2.45, 2.75) is 52.1 Å². The molecule has 1 unspecified atom stereocenters. The molecular weight excluding hydrogens is 251 g/mol. The first-order chi connectivity index (χ1) is 9.72. The van der Waals surface area contributed by atoms with Gasteiger partial charge in [-0.3, -0.25) is 4.90 Å². The van der Waals surface area contributed by atoms with E-state index in [-0.39, 0.29) is 5.82 Å². The van der Waals surface area contributed by atoms with Crippen molar-refractivity contribution in [2.24, 2.45) is 11.7 Å². The van der Waals surface area contributed by atoms with Crippen molar-refractivity contribution < 1.29 is 4.39 Å². The maximum Gasteiger partial charge on any atom is 0.128 e. The van der Waals surface area contributed by atoms with Crippen LogP contribution >= 0.6 is 0 Å². The van der Waals surface area contributed by atoms with Gasteiger partial charge in [0.05, 0.1) is 0 Å². The van der Waals surface area contributed by atoms with E-state index in [0.717, 1.165) is 36.7 Å². The summed E-state index contributed by atoms with van der Waals surface area (Å²) in [5, 5.41) is 0. The summed E-state index contributed by atoms with van der Waals surface area (Å²) in [6, 6.07) is 5.41. The zero-order valence-electron chi connectivity index (χ0n) is 12.6. The van der Waals surface area contributed by atoms with E-state index in [1.165, 1.54) is 32.1 Å². The molecular formula is C17H27FN2. The highest BCUT2D eigenvalue weighted by molar-refractivity contribution is 5.24. The van der Waals surface area contributed by atoms with Crippen LogP contribution in [0.3, 0.4) is 0 Å². The molecule has 1 aliphatic rings. The highest BCUT2D eigenvalue weighted by Crippen LogP contribution is 2.23. The lowest BCUT2D eigenvalue weighted by molar-refractivity contribution is 0.267. The summed E-state index contributed by atoms with van der Waals surface area (Å²) in [5.41, 5.74) is 7.21. The third-order valence-corrected chi connectivity index (χ3v) is 4.38. The molecule has 0 saturated carbocycles. The van der Waals surface area contributed by atoms with Crippen molar-refractivity contribution in [1.82, 2.24) is 4.90 Å². The third-order valence-electron chi connectivity index (χ3n) is 4.38. The predicted octanol–water partition coefficient (Wildman–Crippen LogP) is 3.69. The Kier molecular flexibility index (Phi) is 5.99. The number of nitrogens with zero attached hydrogens (tertiary/aromatic N) is 1. The van der Waals surface area contributed by atoms with E-state index in [2.05, 4.69) is 11.8 Å². The van der Waals surface area contributed by atoms with Crippen molar-refractivity contribution in [3.05, 3.63) is 35.1 Å². The van der Waals surface area contributed by atoms with E-state index >= 15 is 0 Å². The summed E-state index contributed by atoms with van der Waals surface area (Å²) >= 11 is 0. The smallest absolute Gasteiger partial charge is 0.128 e. The molecule has 0 bridgehead atoms. The van der Waals surface area contributed by atoms with Crippen molar-refractivity contribution in [1.29, 1.82) is 0 Å². The molecule has 1 aromatic rings. The zero-order valence-corrected chi connectivity index (χ0v) is 12.6. The molecule has 1 aliphatic heterocycles. The van der Waals surface area contributed by atoms with Gasteiger partial charge in [-0.1, -0.05) is 31.9 Å². The molecule has 20 heavy (non-hydrogen) atoms. The fourth-order valence-electron chi connectivity index (χ4n) is 3.17. The second kappa shape index (κ2) is 7.75. The van der Waals surface area contributed by atoms with Gasteiger partial charge in [-0.15, -0.1) is 0 Å². The van der Waals surface area contributed by atoms with Gasteiger partial charge in [-0.25, -0.2) is 4.39 Å². The number of hydrogen-bond donors (Lipinski definition) is 1. The van der Waals surface area contributed by atoms with Crippen LogP contribution in [0.5, 0.6) is 0 Å². The Morgan fingerprint density at radius 2 is 2.15 bits per heavy atom. The summed E-state index contributed by atoms with van der Waals surface area (Å²) < 4.78 is 14.0. The van der Waals surface area contributed by atoms with Gasteiger partial charge in [-0.05, 0) is 49.9 Å². The summed E-state index contributed by atoms with van der Waals surface area (Å²) in [4.78, 5) is 2.40. The molecule has 1 atom stereocenters. The first kappa shape index (κ1) is 15.5. The molecule has 3 heteroatoms. The molecule has 1 saturated heterocycles. The van der Waals surface area contributed by atoms with E-state index in [1.807, 2.05) is 12.1 Å². The monoisotopic (exact) mass is 278 g/mol. The number of rotatable bonds is 5. The largest absolute Gasteiger partial charge is 0.326 e. The van der Waals surface area contributed by atoms with Crippen LogP contribution in [0.25, 0.3) is 0 Å². The van der Waals surface area contributed by atoms with Gasteiger partial charge >= 0.3 is 0 Å². The predicted molar refractivity (Wildman–Crippen MR) is 81.8 cm³/mol. The van der Waals surface area contributed by atoms with Crippen LogP contribution in [0.1, 0.15) is 50.2 Å². The first-order valence-corrected chi connectivity index (χ1v) is 7.92. The lowest BCUT2D eigenvalue weighted by Gasteiger charge is -2.20. The summed E-state index contributed by atoms with van der Waals surface area (Å²) in [7, 11) is 0. The number of likely N-dealkylation sites (tertiary alicyclic amines) is 1. The molecule has 2 rings (SSSR count). The highest BCUT2D eigenvalue weighted by atomic mass is 19.1. The third kappa shape index (κ3) is 4.29. The normalized spacial score (nSPS) is 20.9. The van der Waals surface area contributed by atoms with E-state index in [1.54, 1.807) is 6.07 Å². The Balaban J connectivity index is 1.93. The van der Waals surface area contributed by atoms with Gasteiger partial charge in [-0.2, -0.15) is 0 Å². The molecule has 0 aromatic heterocycles. The molecule has 2 nitrogen and oxygen atoms in total. The van der Waals surface area contributed by atoms with Crippen molar-refractivity contribution >= 4 is 0 Å². The summed E-state index contributed by atoms with van der Waals surface area (Å²) in [6.45, 7) is 5.59. The van der Waals surface area contributed by atoms with Crippen molar-refractivity contribution in [2.75, 3.05) is 13.1 Å². The minimum atomic E-state index is -0.109. The van der Waals surface area contributed by atoms with E-state index in [9.17, 15) is 4.39 Å². The number of halogens is 1. The molecule has 1 aromatic carbocycles. The second-order valence-corrected chi connectivity index (χ2v) is 5.99. The maximum atomic E-state index is 14.0. The lowest BCUT2D eigenvalue weighted by Crippen LogP contribution is -2.25. The van der Waals surface area contributed by atoms with Crippen LogP contribution in [0.15, 0.2) is 18.2 Å². The van der Waals surface area contributed by atoms with Crippen LogP contribution in [0.4, 0.5) is 4.39 Å². The van der Waals surface area contributed by atoms with Crippen molar-refractivity contribution in [3.8, 4) is 0 Å². The Morgan fingerprint density at radius 1 is 1.30 bits per heavy atom. The Hall–Kier alpha value is -0.930. The van der Waals surface area contributed by atoms with Gasteiger partial charge in [0.1, 0.15) is 5.82 Å². The molecule has 2 N–H and O–H groups in total. The summed E-state index contributed by atoms with van der Waals surface area (Å²) in [6.07, 6.45) is 6.45. The second-order valence-electron chi connectivity index (χ2n) is 5.99. The SMILES string of the molecule is CCCC1CCCN(Cc2ccc(CN)cc2F)CC1.